The fraction of sp³-hybridized carbons (Fsp3) is 0.364. The first-order chi connectivity index (χ1) is 12.1. The maximum absolute atomic E-state index is 6.48. The molecule has 0 spiro atoms. The van der Waals surface area contributed by atoms with Crippen LogP contribution >= 0.6 is 0 Å². The predicted molar refractivity (Wildman–Crippen MR) is 101 cm³/mol. The van der Waals surface area contributed by atoms with Gasteiger partial charge in [-0.2, -0.15) is 0 Å². The van der Waals surface area contributed by atoms with Crippen molar-refractivity contribution in [1.82, 2.24) is 0 Å². The zero-order valence-electron chi connectivity index (χ0n) is 15.5. The monoisotopic (exact) mass is 338 g/mol. The summed E-state index contributed by atoms with van der Waals surface area (Å²) in [6.45, 7) is 4.21. The zero-order valence-corrected chi connectivity index (χ0v) is 15.5. The lowest BCUT2D eigenvalue weighted by Crippen LogP contribution is -2.17. The van der Waals surface area contributed by atoms with Gasteiger partial charge in [-0.05, 0) is 38.7 Å². The largest absolute Gasteiger partial charge is 0.496 e. The molecule has 0 bridgehead atoms. The van der Waals surface area contributed by atoms with Crippen molar-refractivity contribution < 1.29 is 14.2 Å². The van der Waals surface area contributed by atoms with E-state index in [1.807, 2.05) is 12.1 Å². The van der Waals surface area contributed by atoms with Crippen LogP contribution in [0.1, 0.15) is 43.1 Å². The van der Waals surface area contributed by atoms with Gasteiger partial charge in [0, 0.05) is 17.2 Å². The smallest absolute Gasteiger partial charge is 0.134 e. The molecule has 0 amide bonds. The third-order valence-electron chi connectivity index (χ3n) is 4.65. The normalized spacial score (nSPS) is 15.8. The molecule has 0 saturated heterocycles. The third kappa shape index (κ3) is 3.65. The van der Waals surface area contributed by atoms with E-state index < -0.39 is 0 Å². The molecule has 0 aromatic heterocycles. The summed E-state index contributed by atoms with van der Waals surface area (Å²) in [5, 5.41) is 0. The highest BCUT2D eigenvalue weighted by atomic mass is 16.5. The van der Waals surface area contributed by atoms with Crippen LogP contribution in [-0.4, -0.2) is 14.2 Å². The lowest BCUT2D eigenvalue weighted by Gasteiger charge is -2.30. The average Bonchev–Trinajstić information content (AvgIpc) is 2.65. The van der Waals surface area contributed by atoms with Crippen LogP contribution in [0.4, 0.5) is 0 Å². The second kappa shape index (κ2) is 7.64. The molecule has 0 saturated carbocycles. The van der Waals surface area contributed by atoms with Crippen LogP contribution in [0.3, 0.4) is 0 Å². The number of allylic oxidation sites excluding steroid dienone is 2. The fourth-order valence-corrected chi connectivity index (χ4v) is 3.32. The van der Waals surface area contributed by atoms with E-state index in [-0.39, 0.29) is 6.10 Å². The molecule has 2 aromatic carbocycles. The van der Waals surface area contributed by atoms with Crippen LogP contribution in [0.25, 0.3) is 0 Å². The lowest BCUT2D eigenvalue weighted by molar-refractivity contribution is 0.171. The van der Waals surface area contributed by atoms with E-state index in [0.717, 1.165) is 47.6 Å². The lowest BCUT2D eigenvalue weighted by atomic mass is 9.93. The van der Waals surface area contributed by atoms with Crippen LogP contribution in [-0.2, 0) is 12.8 Å². The second-order valence-electron chi connectivity index (χ2n) is 6.61. The van der Waals surface area contributed by atoms with Crippen LogP contribution in [0, 0.1) is 0 Å². The molecule has 0 N–H and O–H groups in total. The molecule has 1 atom stereocenters. The Labute approximate surface area is 150 Å². The molecule has 3 heteroatoms. The molecule has 0 fully saturated rings. The van der Waals surface area contributed by atoms with Gasteiger partial charge in [0.15, 0.2) is 0 Å². The first kappa shape index (κ1) is 17.4. The van der Waals surface area contributed by atoms with E-state index in [2.05, 4.69) is 44.2 Å². The van der Waals surface area contributed by atoms with Crippen molar-refractivity contribution in [3.8, 4) is 17.2 Å². The Hall–Kier alpha value is -2.42. The summed E-state index contributed by atoms with van der Waals surface area (Å²) in [4.78, 5) is 0. The standard InChI is InChI=1S/C22H26O3/c1-15(2)10-11-17-20(23-3)14-21(24-4)18-12-13-19(25-22(17)18)16-8-6-5-7-9-16/h5-10,14,19H,11-13H2,1-4H3. The Bertz CT molecular complexity index is 759. The Morgan fingerprint density at radius 1 is 1.12 bits per heavy atom. The number of hydrogen-bond donors (Lipinski definition) is 0. The minimum absolute atomic E-state index is 0.0657. The van der Waals surface area contributed by atoms with E-state index in [1.165, 1.54) is 11.1 Å². The van der Waals surface area contributed by atoms with Gasteiger partial charge in [0.05, 0.1) is 14.2 Å². The van der Waals surface area contributed by atoms with E-state index in [9.17, 15) is 0 Å². The van der Waals surface area contributed by atoms with E-state index in [0.29, 0.717) is 0 Å². The van der Waals surface area contributed by atoms with Gasteiger partial charge in [-0.15, -0.1) is 0 Å². The van der Waals surface area contributed by atoms with Gasteiger partial charge < -0.3 is 14.2 Å². The summed E-state index contributed by atoms with van der Waals surface area (Å²) in [5.74, 6) is 2.59. The summed E-state index contributed by atoms with van der Waals surface area (Å²) in [6, 6.07) is 12.4. The van der Waals surface area contributed by atoms with Crippen LogP contribution in [0.5, 0.6) is 17.2 Å². The number of hydrogen-bond acceptors (Lipinski definition) is 3. The van der Waals surface area contributed by atoms with E-state index in [4.69, 9.17) is 14.2 Å². The molecule has 3 nitrogen and oxygen atoms in total. The highest BCUT2D eigenvalue weighted by Crippen LogP contribution is 2.46. The molecule has 25 heavy (non-hydrogen) atoms. The summed E-state index contributed by atoms with van der Waals surface area (Å²) in [7, 11) is 3.40. The van der Waals surface area contributed by atoms with Gasteiger partial charge >= 0.3 is 0 Å². The van der Waals surface area contributed by atoms with Gasteiger partial charge in [0.2, 0.25) is 0 Å². The van der Waals surface area contributed by atoms with Crippen molar-refractivity contribution in [2.75, 3.05) is 14.2 Å². The Morgan fingerprint density at radius 3 is 2.48 bits per heavy atom. The van der Waals surface area contributed by atoms with Crippen molar-refractivity contribution in [3.63, 3.8) is 0 Å². The Morgan fingerprint density at radius 2 is 1.84 bits per heavy atom. The highest BCUT2D eigenvalue weighted by Gasteiger charge is 2.28. The average molecular weight is 338 g/mol. The van der Waals surface area contributed by atoms with Gasteiger partial charge in [0.25, 0.3) is 0 Å². The number of fused-ring (bicyclic) bond motifs is 1. The van der Waals surface area contributed by atoms with E-state index in [1.54, 1.807) is 14.2 Å². The molecular weight excluding hydrogens is 312 g/mol. The van der Waals surface area contributed by atoms with Gasteiger partial charge in [-0.3, -0.25) is 0 Å². The minimum Gasteiger partial charge on any atom is -0.496 e. The van der Waals surface area contributed by atoms with Gasteiger partial charge in [0.1, 0.15) is 23.4 Å². The summed E-state index contributed by atoms with van der Waals surface area (Å²) in [6.07, 6.45) is 4.95. The van der Waals surface area contributed by atoms with Crippen molar-refractivity contribution >= 4 is 0 Å². The fourth-order valence-electron chi connectivity index (χ4n) is 3.32. The third-order valence-corrected chi connectivity index (χ3v) is 4.65. The first-order valence-corrected chi connectivity index (χ1v) is 8.75. The second-order valence-corrected chi connectivity index (χ2v) is 6.61. The molecule has 1 heterocycles. The first-order valence-electron chi connectivity index (χ1n) is 8.75. The summed E-state index contributed by atoms with van der Waals surface area (Å²) >= 11 is 0. The molecule has 2 aromatic rings. The topological polar surface area (TPSA) is 27.7 Å². The maximum Gasteiger partial charge on any atom is 0.134 e. The van der Waals surface area contributed by atoms with Crippen LogP contribution < -0.4 is 14.2 Å². The number of rotatable bonds is 5. The molecular formula is C22H26O3. The van der Waals surface area contributed by atoms with Crippen molar-refractivity contribution in [1.29, 1.82) is 0 Å². The van der Waals surface area contributed by atoms with Crippen LogP contribution in [0.2, 0.25) is 0 Å². The van der Waals surface area contributed by atoms with E-state index >= 15 is 0 Å². The van der Waals surface area contributed by atoms with Gasteiger partial charge in [-0.1, -0.05) is 42.0 Å². The SMILES string of the molecule is COc1cc(OC)c2c(c1CC=C(C)C)OC(c1ccccc1)CC2. The zero-order chi connectivity index (χ0) is 17.8. The summed E-state index contributed by atoms with van der Waals surface area (Å²) in [5.41, 5.74) is 4.73. The number of methoxy groups -OCH3 is 2. The molecule has 1 unspecified atom stereocenters. The Balaban J connectivity index is 2.06. The molecule has 1 aliphatic heterocycles. The van der Waals surface area contributed by atoms with Crippen molar-refractivity contribution in [3.05, 3.63) is 64.7 Å². The molecule has 3 rings (SSSR count). The molecule has 132 valence electrons. The molecule has 0 aliphatic carbocycles. The Kier molecular flexibility index (Phi) is 5.32. The molecule has 0 radical (unpaired) electrons. The molecule has 1 aliphatic rings. The number of benzene rings is 2. The quantitative estimate of drug-likeness (QED) is 0.694. The predicted octanol–water partition coefficient (Wildman–Crippen LogP) is 5.28. The van der Waals surface area contributed by atoms with Crippen molar-refractivity contribution in [2.45, 2.75) is 39.2 Å². The highest BCUT2D eigenvalue weighted by molar-refractivity contribution is 5.59. The van der Waals surface area contributed by atoms with Crippen LogP contribution in [0.15, 0.2) is 48.0 Å². The number of ether oxygens (including phenoxy) is 3. The summed E-state index contributed by atoms with van der Waals surface area (Å²) < 4.78 is 17.7. The maximum atomic E-state index is 6.48. The van der Waals surface area contributed by atoms with Crippen molar-refractivity contribution in [2.24, 2.45) is 0 Å². The van der Waals surface area contributed by atoms with Gasteiger partial charge in [-0.25, -0.2) is 0 Å². The minimum atomic E-state index is 0.0657.